The molecule has 0 radical (unpaired) electrons. The van der Waals surface area contributed by atoms with E-state index >= 15 is 0 Å². The molecule has 1 aromatic heterocycles. The Bertz CT molecular complexity index is 1190. The summed E-state index contributed by atoms with van der Waals surface area (Å²) in [4.78, 5) is 17.6. The first-order valence-corrected chi connectivity index (χ1v) is 12.0. The number of aromatic amines is 1. The molecule has 4 N–H and O–H groups in total. The first-order valence-electron chi connectivity index (χ1n) is 12.0. The second kappa shape index (κ2) is 8.26. The van der Waals surface area contributed by atoms with Gasteiger partial charge in [0.25, 0.3) is 5.91 Å². The Morgan fingerprint density at radius 2 is 1.85 bits per heavy atom. The topological polar surface area (TPSA) is 96.5 Å². The Kier molecular flexibility index (Phi) is 5.10. The van der Waals surface area contributed by atoms with Crippen molar-refractivity contribution in [2.75, 3.05) is 36.4 Å². The number of nitrogens with one attached hydrogen (secondary N) is 3. The lowest BCUT2D eigenvalue weighted by molar-refractivity contribution is 0.0748. The van der Waals surface area contributed by atoms with Crippen LogP contribution in [-0.4, -0.2) is 58.3 Å². The molecule has 8 heteroatoms. The molecule has 3 aromatic rings. The van der Waals surface area contributed by atoms with Gasteiger partial charge in [0.2, 0.25) is 0 Å². The minimum atomic E-state index is -0.151. The standard InChI is InChI=1S/C25H30N6O2/c32-23-13-22-20(24(29-28-22)27-18-3-1-2-4-18)12-21(23)25(33)31-14-16-5-6-19(11-17(16)15-31)30-9-7-26-8-10-30/h5-6,11-13,18,26,32H,1-4,7-10,14-15H2,(H2,27,28,29). The number of fused-ring (bicyclic) bond motifs is 2. The van der Waals surface area contributed by atoms with E-state index in [2.05, 4.69) is 43.9 Å². The maximum Gasteiger partial charge on any atom is 0.258 e. The Balaban J connectivity index is 1.24. The van der Waals surface area contributed by atoms with E-state index in [0.717, 1.165) is 55.7 Å². The van der Waals surface area contributed by atoms with Gasteiger partial charge in [-0.2, -0.15) is 5.10 Å². The number of phenols is 1. The number of aromatic hydroxyl groups is 1. The van der Waals surface area contributed by atoms with E-state index < -0.39 is 0 Å². The maximum atomic E-state index is 13.4. The molecule has 8 nitrogen and oxygen atoms in total. The molecule has 1 saturated carbocycles. The van der Waals surface area contributed by atoms with Crippen LogP contribution in [-0.2, 0) is 13.1 Å². The lowest BCUT2D eigenvalue weighted by Gasteiger charge is -2.29. The highest BCUT2D eigenvalue weighted by Crippen LogP contribution is 2.34. The van der Waals surface area contributed by atoms with Crippen molar-refractivity contribution in [2.45, 2.75) is 44.8 Å². The number of aromatic nitrogens is 2. The Morgan fingerprint density at radius 1 is 1.06 bits per heavy atom. The molecule has 1 amide bonds. The molecule has 2 fully saturated rings. The number of amides is 1. The number of phenolic OH excluding ortho intramolecular Hbond substituents is 1. The second-order valence-electron chi connectivity index (χ2n) is 9.46. The maximum absolute atomic E-state index is 13.4. The van der Waals surface area contributed by atoms with Gasteiger partial charge in [-0.3, -0.25) is 9.89 Å². The molecule has 3 aliphatic rings. The van der Waals surface area contributed by atoms with Crippen LogP contribution in [0.25, 0.3) is 10.9 Å². The lowest BCUT2D eigenvalue weighted by atomic mass is 10.1. The van der Waals surface area contributed by atoms with Crippen molar-refractivity contribution >= 4 is 28.3 Å². The van der Waals surface area contributed by atoms with Crippen molar-refractivity contribution < 1.29 is 9.90 Å². The van der Waals surface area contributed by atoms with Crippen LogP contribution in [0, 0.1) is 0 Å². The fourth-order valence-corrected chi connectivity index (χ4v) is 5.41. The quantitative estimate of drug-likeness (QED) is 0.492. The highest BCUT2D eigenvalue weighted by atomic mass is 16.3. The van der Waals surface area contributed by atoms with Gasteiger partial charge in [0, 0.05) is 62.5 Å². The molecule has 1 aliphatic carbocycles. The molecule has 0 spiro atoms. The van der Waals surface area contributed by atoms with Crippen LogP contribution in [0.1, 0.15) is 47.2 Å². The molecule has 0 bridgehead atoms. The van der Waals surface area contributed by atoms with Gasteiger partial charge in [0.1, 0.15) is 5.75 Å². The van der Waals surface area contributed by atoms with Crippen LogP contribution in [0.5, 0.6) is 5.75 Å². The molecule has 33 heavy (non-hydrogen) atoms. The van der Waals surface area contributed by atoms with Gasteiger partial charge in [-0.15, -0.1) is 0 Å². The molecular weight excluding hydrogens is 416 g/mol. The van der Waals surface area contributed by atoms with Crippen molar-refractivity contribution in [3.05, 3.63) is 47.0 Å². The lowest BCUT2D eigenvalue weighted by Crippen LogP contribution is -2.43. The number of carbonyl (C=O) groups excluding carboxylic acids is 1. The highest BCUT2D eigenvalue weighted by molar-refractivity contribution is 6.03. The zero-order valence-electron chi connectivity index (χ0n) is 18.7. The second-order valence-corrected chi connectivity index (χ2v) is 9.46. The van der Waals surface area contributed by atoms with Crippen LogP contribution in [0.3, 0.4) is 0 Å². The van der Waals surface area contributed by atoms with Gasteiger partial charge >= 0.3 is 0 Å². The highest BCUT2D eigenvalue weighted by Gasteiger charge is 2.28. The number of carbonyl (C=O) groups is 1. The summed E-state index contributed by atoms with van der Waals surface area (Å²) < 4.78 is 0. The Hall–Kier alpha value is -3.26. The zero-order valence-corrected chi connectivity index (χ0v) is 18.7. The van der Waals surface area contributed by atoms with E-state index in [9.17, 15) is 9.90 Å². The summed E-state index contributed by atoms with van der Waals surface area (Å²) in [5, 5.41) is 25.8. The number of hydrogen-bond acceptors (Lipinski definition) is 6. The molecular formula is C25H30N6O2. The normalized spacial score (nSPS) is 18.8. The van der Waals surface area contributed by atoms with E-state index in [1.54, 1.807) is 12.1 Å². The van der Waals surface area contributed by atoms with Gasteiger partial charge in [0.05, 0.1) is 11.1 Å². The molecule has 0 atom stereocenters. The largest absolute Gasteiger partial charge is 0.507 e. The molecule has 1 saturated heterocycles. The predicted octanol–water partition coefficient (Wildman–Crippen LogP) is 3.19. The molecule has 2 aliphatic heterocycles. The summed E-state index contributed by atoms with van der Waals surface area (Å²) in [5.41, 5.74) is 4.64. The molecule has 2 aromatic carbocycles. The summed E-state index contributed by atoms with van der Waals surface area (Å²) in [6.45, 7) is 5.11. The van der Waals surface area contributed by atoms with Crippen LogP contribution in [0.4, 0.5) is 11.5 Å². The van der Waals surface area contributed by atoms with Crippen molar-refractivity contribution in [2.24, 2.45) is 0 Å². The van der Waals surface area contributed by atoms with Gasteiger partial charge in [-0.05, 0) is 42.2 Å². The summed E-state index contributed by atoms with van der Waals surface area (Å²) in [6.07, 6.45) is 4.74. The number of H-pyrrole nitrogens is 1. The number of piperazine rings is 1. The predicted molar refractivity (Wildman–Crippen MR) is 129 cm³/mol. The van der Waals surface area contributed by atoms with Crippen LogP contribution in [0.2, 0.25) is 0 Å². The van der Waals surface area contributed by atoms with E-state index in [-0.39, 0.29) is 11.7 Å². The zero-order chi connectivity index (χ0) is 22.4. The number of nitrogens with zero attached hydrogens (tertiary/aromatic N) is 3. The molecule has 0 unspecified atom stereocenters. The summed E-state index contributed by atoms with van der Waals surface area (Å²) in [7, 11) is 0. The first kappa shape index (κ1) is 20.4. The molecule has 3 heterocycles. The fourth-order valence-electron chi connectivity index (χ4n) is 5.41. The minimum absolute atomic E-state index is 0.0129. The van der Waals surface area contributed by atoms with Crippen molar-refractivity contribution in [3.8, 4) is 5.75 Å². The van der Waals surface area contributed by atoms with Crippen LogP contribution < -0.4 is 15.5 Å². The smallest absolute Gasteiger partial charge is 0.258 e. The van der Waals surface area contributed by atoms with Crippen molar-refractivity contribution in [3.63, 3.8) is 0 Å². The average Bonchev–Trinajstić information content (AvgIpc) is 3.59. The summed E-state index contributed by atoms with van der Waals surface area (Å²) in [6, 6.07) is 10.3. The van der Waals surface area contributed by atoms with Gasteiger partial charge < -0.3 is 25.5 Å². The van der Waals surface area contributed by atoms with Crippen LogP contribution >= 0.6 is 0 Å². The van der Waals surface area contributed by atoms with E-state index in [4.69, 9.17) is 0 Å². The number of anilines is 2. The number of hydrogen-bond donors (Lipinski definition) is 4. The first-order chi connectivity index (χ1) is 16.2. The summed E-state index contributed by atoms with van der Waals surface area (Å²) >= 11 is 0. The van der Waals surface area contributed by atoms with E-state index in [0.29, 0.717) is 24.7 Å². The van der Waals surface area contributed by atoms with Gasteiger partial charge in [-0.1, -0.05) is 18.9 Å². The third-order valence-electron chi connectivity index (χ3n) is 7.29. The fraction of sp³-hybridized carbons (Fsp3) is 0.440. The summed E-state index contributed by atoms with van der Waals surface area (Å²) in [5.74, 6) is 0.597. The van der Waals surface area contributed by atoms with Gasteiger partial charge in [0.15, 0.2) is 5.82 Å². The van der Waals surface area contributed by atoms with Crippen LogP contribution in [0.15, 0.2) is 30.3 Å². The SMILES string of the molecule is O=C(c1cc2c(NC3CCCC3)n[nH]c2cc1O)N1Cc2ccc(N3CCNCC3)cc2C1. The van der Waals surface area contributed by atoms with Crippen molar-refractivity contribution in [1.82, 2.24) is 20.4 Å². The molecule has 6 rings (SSSR count). The third kappa shape index (κ3) is 3.78. The van der Waals surface area contributed by atoms with E-state index in [1.165, 1.54) is 29.7 Å². The third-order valence-corrected chi connectivity index (χ3v) is 7.29. The Morgan fingerprint density at radius 3 is 2.67 bits per heavy atom. The van der Waals surface area contributed by atoms with Gasteiger partial charge in [-0.25, -0.2) is 0 Å². The van der Waals surface area contributed by atoms with E-state index in [1.807, 2.05) is 4.90 Å². The molecule has 172 valence electrons. The monoisotopic (exact) mass is 446 g/mol. The van der Waals surface area contributed by atoms with Crippen molar-refractivity contribution in [1.29, 1.82) is 0 Å². The number of benzene rings is 2. The average molecular weight is 447 g/mol. The minimum Gasteiger partial charge on any atom is -0.507 e. The number of rotatable bonds is 4. The Labute approximate surface area is 193 Å².